The number of rotatable bonds is 6. The molecule has 0 heterocycles. The molecule has 0 saturated heterocycles. The molecule has 9 heavy (non-hydrogen) atoms. The van der Waals surface area contributed by atoms with Gasteiger partial charge in [0.25, 0.3) is 0 Å². The number of hydrogen-bond donors (Lipinski definition) is 1. The van der Waals surface area contributed by atoms with Crippen LogP contribution in [0.3, 0.4) is 0 Å². The second kappa shape index (κ2) is 7.43. The van der Waals surface area contributed by atoms with E-state index in [1.165, 1.54) is 12.9 Å². The topological polar surface area (TPSA) is 38.3 Å². The maximum Gasteiger partial charge on any atom is 0.437 e. The second-order valence-electron chi connectivity index (χ2n) is 1.79. The Morgan fingerprint density at radius 1 is 1.56 bits per heavy atom. The number of hydroxylamine groups is 1. The quantitative estimate of drug-likeness (QED) is 0.426. The zero-order valence-electron chi connectivity index (χ0n) is 5.64. The van der Waals surface area contributed by atoms with Gasteiger partial charge < -0.3 is 4.84 Å². The lowest BCUT2D eigenvalue weighted by atomic mass is 10.3. The van der Waals surface area contributed by atoms with Crippen LogP contribution in [0.25, 0.3) is 0 Å². The molecule has 0 spiro atoms. The summed E-state index contributed by atoms with van der Waals surface area (Å²) in [5, 5.41) is 0. The molecule has 53 valence electrons. The second-order valence-corrected chi connectivity index (χ2v) is 1.79. The van der Waals surface area contributed by atoms with Crippen LogP contribution in [-0.2, 0) is 9.63 Å². The van der Waals surface area contributed by atoms with Crippen LogP contribution in [0, 0.1) is 0 Å². The minimum atomic E-state index is 0.725. The molecule has 3 nitrogen and oxygen atoms in total. The Morgan fingerprint density at radius 2 is 2.33 bits per heavy atom. The highest BCUT2D eigenvalue weighted by molar-refractivity contribution is 5.37. The molecular weight excluding hydrogens is 118 g/mol. The Balaban J connectivity index is 2.66. The number of hydrogen-bond acceptors (Lipinski definition) is 3. The average Bonchev–Trinajstić information content (AvgIpc) is 1.89. The lowest BCUT2D eigenvalue weighted by molar-refractivity contribution is 0.167. The van der Waals surface area contributed by atoms with Gasteiger partial charge in [0.05, 0.1) is 0 Å². The molecule has 0 aliphatic rings. The summed E-state index contributed by atoms with van der Waals surface area (Å²) < 4.78 is 0. The summed E-state index contributed by atoms with van der Waals surface area (Å²) >= 11 is 0. The molecule has 0 atom stereocenters. The summed E-state index contributed by atoms with van der Waals surface area (Å²) in [6.07, 6.45) is 3.37. The Morgan fingerprint density at radius 3 is 2.89 bits per heavy atom. The molecule has 0 amide bonds. The third-order valence-electron chi connectivity index (χ3n) is 0.996. The fourth-order valence-electron chi connectivity index (χ4n) is 0.528. The van der Waals surface area contributed by atoms with E-state index in [0.717, 1.165) is 19.4 Å². The van der Waals surface area contributed by atoms with E-state index in [0.29, 0.717) is 0 Å². The van der Waals surface area contributed by atoms with Crippen molar-refractivity contribution in [2.45, 2.75) is 26.2 Å². The first-order valence-electron chi connectivity index (χ1n) is 3.17. The fraction of sp³-hybridized carbons (Fsp3) is 0.833. The van der Waals surface area contributed by atoms with Crippen LogP contribution in [0.15, 0.2) is 0 Å². The van der Waals surface area contributed by atoms with Crippen molar-refractivity contribution >= 4 is 6.47 Å². The summed E-state index contributed by atoms with van der Waals surface area (Å²) in [5.74, 6) is 0. The van der Waals surface area contributed by atoms with Crippen LogP contribution in [0.2, 0.25) is 0 Å². The molecule has 3 heteroatoms. The van der Waals surface area contributed by atoms with Gasteiger partial charge in [0, 0.05) is 6.54 Å². The number of carbonyl (C=O) groups excluding carboxylic acids is 1. The summed E-state index contributed by atoms with van der Waals surface area (Å²) in [4.78, 5) is 13.6. The minimum absolute atomic E-state index is 0.725. The number of unbranched alkanes of at least 4 members (excludes halogenated alkanes) is 2. The van der Waals surface area contributed by atoms with Crippen molar-refractivity contribution in [3.05, 3.63) is 0 Å². The first-order valence-corrected chi connectivity index (χ1v) is 3.17. The summed E-state index contributed by atoms with van der Waals surface area (Å²) in [7, 11) is 0. The highest BCUT2D eigenvalue weighted by Gasteiger charge is 1.84. The predicted octanol–water partition coefficient (Wildman–Crippen LogP) is 0.765. The van der Waals surface area contributed by atoms with Crippen molar-refractivity contribution in [2.24, 2.45) is 0 Å². The van der Waals surface area contributed by atoms with E-state index >= 15 is 0 Å². The van der Waals surface area contributed by atoms with Crippen LogP contribution >= 0.6 is 0 Å². The third-order valence-corrected chi connectivity index (χ3v) is 0.996. The predicted molar refractivity (Wildman–Crippen MR) is 34.3 cm³/mol. The maximum absolute atomic E-state index is 9.43. The van der Waals surface area contributed by atoms with Crippen molar-refractivity contribution in [3.63, 3.8) is 0 Å². The van der Waals surface area contributed by atoms with Crippen molar-refractivity contribution in [3.8, 4) is 0 Å². The maximum atomic E-state index is 9.43. The van der Waals surface area contributed by atoms with E-state index < -0.39 is 0 Å². The van der Waals surface area contributed by atoms with Crippen molar-refractivity contribution in [2.75, 3.05) is 6.54 Å². The van der Waals surface area contributed by atoms with Crippen molar-refractivity contribution in [1.82, 2.24) is 5.48 Å². The Kier molecular flexibility index (Phi) is 6.96. The molecule has 0 unspecified atom stereocenters. The molecule has 1 radical (unpaired) electrons. The van der Waals surface area contributed by atoms with Crippen LogP contribution in [-0.4, -0.2) is 13.0 Å². The van der Waals surface area contributed by atoms with Gasteiger partial charge in [-0.1, -0.05) is 19.8 Å². The van der Waals surface area contributed by atoms with Gasteiger partial charge in [0.1, 0.15) is 0 Å². The largest absolute Gasteiger partial charge is 0.437 e. The Bertz CT molecular complexity index is 66.1. The van der Waals surface area contributed by atoms with Gasteiger partial charge in [-0.2, -0.15) is 5.48 Å². The van der Waals surface area contributed by atoms with Crippen LogP contribution in [0.5, 0.6) is 0 Å². The van der Waals surface area contributed by atoms with E-state index in [4.69, 9.17) is 0 Å². The van der Waals surface area contributed by atoms with Gasteiger partial charge in [-0.05, 0) is 6.42 Å². The van der Waals surface area contributed by atoms with E-state index in [-0.39, 0.29) is 0 Å². The molecule has 0 aliphatic heterocycles. The third kappa shape index (κ3) is 7.43. The van der Waals surface area contributed by atoms with Crippen LogP contribution < -0.4 is 5.48 Å². The van der Waals surface area contributed by atoms with Gasteiger partial charge in [0.15, 0.2) is 0 Å². The highest BCUT2D eigenvalue weighted by atomic mass is 16.7. The molecule has 0 saturated carbocycles. The summed E-state index contributed by atoms with van der Waals surface area (Å²) in [6, 6.07) is 0. The molecule has 0 aliphatic carbocycles. The van der Waals surface area contributed by atoms with Crippen LogP contribution in [0.4, 0.5) is 0 Å². The zero-order chi connectivity index (χ0) is 6.95. The van der Waals surface area contributed by atoms with E-state index in [9.17, 15) is 4.79 Å². The Hall–Kier alpha value is -0.570. The van der Waals surface area contributed by atoms with Gasteiger partial charge in [-0.3, -0.25) is 0 Å². The number of nitrogens with one attached hydrogen (secondary N) is 1. The standard InChI is InChI=1S/C6H12NO2/c1-2-3-4-5-7-9-6-8/h7H,2-5H2,1H3. The SMILES string of the molecule is CCCCCNO[C]=O. The lowest BCUT2D eigenvalue weighted by Crippen LogP contribution is -2.14. The van der Waals surface area contributed by atoms with Gasteiger partial charge in [-0.15, -0.1) is 0 Å². The molecule has 0 rings (SSSR count). The highest BCUT2D eigenvalue weighted by Crippen LogP contribution is 1.90. The molecule has 1 N–H and O–H groups in total. The van der Waals surface area contributed by atoms with E-state index in [1.54, 1.807) is 0 Å². The van der Waals surface area contributed by atoms with Gasteiger partial charge in [-0.25, -0.2) is 4.79 Å². The first kappa shape index (κ1) is 8.43. The molecule has 0 aromatic heterocycles. The Labute approximate surface area is 55.3 Å². The first-order chi connectivity index (χ1) is 4.41. The van der Waals surface area contributed by atoms with E-state index in [2.05, 4.69) is 17.2 Å². The van der Waals surface area contributed by atoms with Crippen LogP contribution in [0.1, 0.15) is 26.2 Å². The molecule has 0 fully saturated rings. The average molecular weight is 130 g/mol. The molecule has 0 aromatic rings. The molecular formula is C6H12NO2. The summed E-state index contributed by atoms with van der Waals surface area (Å²) in [6.45, 7) is 4.13. The molecule has 0 bridgehead atoms. The smallest absolute Gasteiger partial charge is 0.362 e. The van der Waals surface area contributed by atoms with E-state index in [1.807, 2.05) is 0 Å². The van der Waals surface area contributed by atoms with Gasteiger partial charge in [0.2, 0.25) is 0 Å². The molecule has 0 aromatic carbocycles. The normalized spacial score (nSPS) is 9.00. The monoisotopic (exact) mass is 130 g/mol. The van der Waals surface area contributed by atoms with Crippen molar-refractivity contribution in [1.29, 1.82) is 0 Å². The van der Waals surface area contributed by atoms with Crippen molar-refractivity contribution < 1.29 is 9.63 Å². The van der Waals surface area contributed by atoms with Gasteiger partial charge >= 0.3 is 6.47 Å². The fourth-order valence-corrected chi connectivity index (χ4v) is 0.528. The minimum Gasteiger partial charge on any atom is -0.362 e. The summed E-state index contributed by atoms with van der Waals surface area (Å²) in [5.41, 5.74) is 2.45. The zero-order valence-corrected chi connectivity index (χ0v) is 5.64. The lowest BCUT2D eigenvalue weighted by Gasteiger charge is -1.96.